The average molecular weight is 713 g/mol. The van der Waals surface area contributed by atoms with Crippen molar-refractivity contribution in [1.29, 1.82) is 0 Å². The van der Waals surface area contributed by atoms with Crippen molar-refractivity contribution < 1.29 is 19.0 Å². The number of rotatable bonds is 1. The van der Waals surface area contributed by atoms with E-state index in [1.54, 1.807) is 22.4 Å². The molecule has 1 N–H and O–H groups in total. The summed E-state index contributed by atoms with van der Waals surface area (Å²) in [5, 5.41) is 23.5. The van der Waals surface area contributed by atoms with Crippen LogP contribution in [0.3, 0.4) is 0 Å². The number of thioether (sulfide) groups is 1. The number of hydrogen-bond donors (Lipinski definition) is 1. The van der Waals surface area contributed by atoms with Gasteiger partial charge in [0.05, 0.1) is 40.3 Å². The lowest BCUT2D eigenvalue weighted by molar-refractivity contribution is 0.0685. The van der Waals surface area contributed by atoms with Gasteiger partial charge in [-0.15, -0.1) is 11.8 Å². The molecule has 1 atom stereocenters. The zero-order valence-corrected chi connectivity index (χ0v) is 30.0. The number of aryl methyl sites for hydroxylation is 5. The van der Waals surface area contributed by atoms with Crippen molar-refractivity contribution in [2.45, 2.75) is 62.4 Å². The fourth-order valence-corrected chi connectivity index (χ4v) is 9.23. The van der Waals surface area contributed by atoms with E-state index < -0.39 is 5.97 Å². The van der Waals surface area contributed by atoms with E-state index >= 15 is 0 Å². The van der Waals surface area contributed by atoms with Crippen LogP contribution in [0.1, 0.15) is 64.1 Å². The van der Waals surface area contributed by atoms with Gasteiger partial charge in [0.15, 0.2) is 0 Å². The van der Waals surface area contributed by atoms with E-state index in [-0.39, 0.29) is 17.6 Å². The molecule has 0 aliphatic carbocycles. The van der Waals surface area contributed by atoms with Crippen LogP contribution in [0.15, 0.2) is 53.4 Å². The molecule has 2 aliphatic heterocycles. The average Bonchev–Trinajstić information content (AvgIpc) is 3.70. The summed E-state index contributed by atoms with van der Waals surface area (Å²) >= 11 is 8.76. The minimum absolute atomic E-state index is 0.0486. The Balaban J connectivity index is 1.30. The molecule has 5 heterocycles. The second-order valence-corrected chi connectivity index (χ2v) is 14.9. The molecule has 50 heavy (non-hydrogen) atoms. The van der Waals surface area contributed by atoms with Crippen LogP contribution >= 0.6 is 23.4 Å². The van der Waals surface area contributed by atoms with Gasteiger partial charge in [0.2, 0.25) is 0 Å². The molecule has 3 aromatic heterocycles. The minimum Gasteiger partial charge on any atom is -0.493 e. The second kappa shape index (κ2) is 12.8. The Hall–Kier alpha value is -4.32. The number of aromatic nitrogens is 5. The van der Waals surface area contributed by atoms with Gasteiger partial charge in [0.1, 0.15) is 17.3 Å². The van der Waals surface area contributed by atoms with Crippen molar-refractivity contribution in [3.8, 4) is 16.9 Å². The van der Waals surface area contributed by atoms with Gasteiger partial charge in [-0.1, -0.05) is 17.7 Å². The summed E-state index contributed by atoms with van der Waals surface area (Å²) in [6, 6.07) is 14.8. The third kappa shape index (κ3) is 5.56. The molecule has 12 heteroatoms. The Bertz CT molecular complexity index is 2330. The number of aromatic carboxylic acids is 1. The number of carboxylic acids is 1. The van der Waals surface area contributed by atoms with Crippen LogP contribution in [0.25, 0.3) is 32.8 Å². The molecule has 0 spiro atoms. The van der Waals surface area contributed by atoms with Gasteiger partial charge in [-0.3, -0.25) is 14.3 Å². The molecule has 0 unspecified atom stereocenters. The highest BCUT2D eigenvalue weighted by atomic mass is 35.5. The summed E-state index contributed by atoms with van der Waals surface area (Å²) in [7, 11) is 5.92. The highest BCUT2D eigenvalue weighted by Gasteiger charge is 2.34. The molecule has 2 aliphatic rings. The van der Waals surface area contributed by atoms with Gasteiger partial charge in [0, 0.05) is 65.4 Å². The lowest BCUT2D eigenvalue weighted by Gasteiger charge is -2.32. The van der Waals surface area contributed by atoms with E-state index in [1.165, 1.54) is 12.1 Å². The van der Waals surface area contributed by atoms with Crippen molar-refractivity contribution in [2.75, 3.05) is 13.7 Å². The molecule has 0 fully saturated rings. The van der Waals surface area contributed by atoms with Crippen LogP contribution in [0.4, 0.5) is 4.39 Å². The summed E-state index contributed by atoms with van der Waals surface area (Å²) < 4.78 is 26.6. The monoisotopic (exact) mass is 712 g/mol. The molecule has 0 saturated carbocycles. The fourth-order valence-electron chi connectivity index (χ4n) is 8.00. The van der Waals surface area contributed by atoms with E-state index in [2.05, 4.69) is 22.7 Å². The van der Waals surface area contributed by atoms with Crippen LogP contribution in [0.2, 0.25) is 5.02 Å². The van der Waals surface area contributed by atoms with E-state index in [0.717, 1.165) is 85.4 Å². The van der Waals surface area contributed by atoms with E-state index in [0.29, 0.717) is 42.5 Å². The Morgan fingerprint density at radius 3 is 2.68 bits per heavy atom. The molecule has 258 valence electrons. The number of fused-ring (bicyclic) bond motifs is 7. The molecule has 0 radical (unpaired) electrons. The molecule has 9 nitrogen and oxygen atoms in total. The van der Waals surface area contributed by atoms with Crippen LogP contribution in [0.5, 0.6) is 5.75 Å². The highest BCUT2D eigenvalue weighted by molar-refractivity contribution is 7.98. The first-order valence-corrected chi connectivity index (χ1v) is 18.3. The lowest BCUT2D eigenvalue weighted by atomic mass is 9.92. The maximum atomic E-state index is 14.4. The molecule has 8 rings (SSSR count). The number of hydrogen-bond acceptors (Lipinski definition) is 6. The Morgan fingerprint density at radius 1 is 1.04 bits per heavy atom. The number of carboxylic acid groups (broad SMARTS) is 1. The summed E-state index contributed by atoms with van der Waals surface area (Å²) in [5.41, 5.74) is 7.57. The Labute approximate surface area is 298 Å². The molecule has 6 aromatic rings. The van der Waals surface area contributed by atoms with Crippen molar-refractivity contribution in [3.05, 3.63) is 93.4 Å². The SMILES string of the molecule is Cc1nn2c3c1-c1c(Cl)ccc4c(c(C(=O)O)n(C)c14)CCCOc1cc(cc4cc(F)ccc14)SCc1cc(nn1C)CN(C)[C@@H]3CCC2. The van der Waals surface area contributed by atoms with Gasteiger partial charge in [0.25, 0.3) is 0 Å². The third-order valence-electron chi connectivity index (χ3n) is 10.2. The number of nitrogens with zero attached hydrogens (tertiary/aromatic N) is 6. The summed E-state index contributed by atoms with van der Waals surface area (Å²) in [6.45, 7) is 3.81. The first kappa shape index (κ1) is 32.9. The van der Waals surface area contributed by atoms with Crippen LogP contribution in [-0.2, 0) is 39.4 Å². The largest absolute Gasteiger partial charge is 0.493 e. The summed E-state index contributed by atoms with van der Waals surface area (Å²) in [6.07, 6.45) is 2.99. The van der Waals surface area contributed by atoms with Gasteiger partial charge in [-0.05, 0) is 93.1 Å². The standard InChI is InChI=1S/C38H38ClFN6O3S/c1-21-33-34-30(39)12-11-29-28(36(38(47)48)44(3)35(29)34)7-6-14-49-32-18-26(16-22-15-23(40)9-10-27(22)32)50-20-25-17-24(42-45(25)4)19-43(2)31-8-5-13-46(41-21)37(31)33/h9-12,15-18,31H,5-8,13-14,19-20H2,1-4H3,(H,47,48)/t31-/m1/s1. The molecular weight excluding hydrogens is 675 g/mol. The van der Waals surface area contributed by atoms with Crippen LogP contribution in [0, 0.1) is 12.7 Å². The molecule has 0 saturated heterocycles. The van der Waals surface area contributed by atoms with E-state index in [9.17, 15) is 14.3 Å². The van der Waals surface area contributed by atoms with Crippen LogP contribution < -0.4 is 4.74 Å². The number of ether oxygens (including phenoxy) is 1. The first-order valence-electron chi connectivity index (χ1n) is 16.9. The third-order valence-corrected chi connectivity index (χ3v) is 11.6. The molecular formula is C38H38ClFN6O3S. The molecule has 8 bridgehead atoms. The fraction of sp³-hybridized carbons (Fsp3) is 0.342. The number of halogens is 2. The van der Waals surface area contributed by atoms with Gasteiger partial charge in [-0.25, -0.2) is 9.18 Å². The van der Waals surface area contributed by atoms with E-state index in [4.69, 9.17) is 26.5 Å². The van der Waals surface area contributed by atoms with Crippen molar-refractivity contribution in [3.63, 3.8) is 0 Å². The van der Waals surface area contributed by atoms with Gasteiger partial charge < -0.3 is 14.4 Å². The zero-order chi connectivity index (χ0) is 34.8. The smallest absolute Gasteiger partial charge is 0.352 e. The van der Waals surface area contributed by atoms with Crippen molar-refractivity contribution in [1.82, 2.24) is 29.0 Å². The normalized spacial score (nSPS) is 17.1. The maximum absolute atomic E-state index is 14.4. The van der Waals surface area contributed by atoms with Crippen molar-refractivity contribution in [2.24, 2.45) is 14.1 Å². The first-order chi connectivity index (χ1) is 24.1. The zero-order valence-electron chi connectivity index (χ0n) is 28.5. The Morgan fingerprint density at radius 2 is 1.86 bits per heavy atom. The number of carbonyl (C=O) groups is 1. The topological polar surface area (TPSA) is 90.3 Å². The predicted octanol–water partition coefficient (Wildman–Crippen LogP) is 8.31. The summed E-state index contributed by atoms with van der Waals surface area (Å²) in [5.74, 6) is 0.0621. The second-order valence-electron chi connectivity index (χ2n) is 13.4. The minimum atomic E-state index is -0.991. The van der Waals surface area contributed by atoms with Crippen molar-refractivity contribution >= 4 is 51.0 Å². The number of benzene rings is 3. The maximum Gasteiger partial charge on any atom is 0.352 e. The lowest BCUT2D eigenvalue weighted by Crippen LogP contribution is -2.30. The van der Waals surface area contributed by atoms with Crippen LogP contribution in [-0.4, -0.2) is 53.8 Å². The van der Waals surface area contributed by atoms with Gasteiger partial charge in [-0.2, -0.15) is 10.2 Å². The molecule has 0 amide bonds. The highest BCUT2D eigenvalue weighted by Crippen LogP contribution is 2.46. The van der Waals surface area contributed by atoms with Gasteiger partial charge >= 0.3 is 5.97 Å². The molecule has 3 aromatic carbocycles. The Kier molecular flexibility index (Phi) is 8.40. The summed E-state index contributed by atoms with van der Waals surface area (Å²) in [4.78, 5) is 16.2. The quantitative estimate of drug-likeness (QED) is 0.183. The predicted molar refractivity (Wildman–Crippen MR) is 195 cm³/mol. The van der Waals surface area contributed by atoms with E-state index in [1.807, 2.05) is 50.0 Å².